The molecule has 0 spiro atoms. The second-order valence-electron chi connectivity index (χ2n) is 3.61. The maximum Gasteiger partial charge on any atom is 0.416 e. The smallest absolute Gasteiger partial charge is 0.166 e. The van der Waals surface area contributed by atoms with Gasteiger partial charge in [0.15, 0.2) is 0 Å². The topological polar surface area (TPSA) is 0 Å². The predicted octanol–water partition coefficient (Wildman–Crippen LogP) is 4.44. The fraction of sp³-hybridized carbons (Fsp3) is 0.500. The third kappa shape index (κ3) is 3.57. The van der Waals surface area contributed by atoms with Crippen LogP contribution in [0.15, 0.2) is 24.3 Å². The predicted molar refractivity (Wildman–Crippen MR) is 54.7 cm³/mol. The molecule has 1 aromatic carbocycles. The molecule has 0 radical (unpaired) electrons. The lowest BCUT2D eigenvalue weighted by molar-refractivity contribution is -0.138. The summed E-state index contributed by atoms with van der Waals surface area (Å²) >= 11 is 0. The van der Waals surface area contributed by atoms with E-state index in [1.54, 1.807) is 12.1 Å². The van der Waals surface area contributed by atoms with Crippen LogP contribution in [0.1, 0.15) is 37.3 Å². The Bertz CT molecular complexity index is 302. The van der Waals surface area contributed by atoms with Crippen molar-refractivity contribution in [3.63, 3.8) is 0 Å². The molecular formula is C12H15F3. The van der Waals surface area contributed by atoms with E-state index in [1.807, 2.05) is 6.92 Å². The molecule has 0 aromatic heterocycles. The van der Waals surface area contributed by atoms with Crippen LogP contribution in [0.4, 0.5) is 13.2 Å². The van der Waals surface area contributed by atoms with E-state index in [9.17, 15) is 13.2 Å². The molecule has 0 saturated heterocycles. The number of halogens is 3. The first-order chi connectivity index (χ1) is 7.05. The Morgan fingerprint density at radius 2 is 1.73 bits per heavy atom. The first-order valence-electron chi connectivity index (χ1n) is 5.20. The number of hydrogen-bond acceptors (Lipinski definition) is 0. The number of benzene rings is 1. The summed E-state index contributed by atoms with van der Waals surface area (Å²) < 4.78 is 37.7. The Balaban J connectivity index is 2.78. The van der Waals surface area contributed by atoms with Crippen LogP contribution in [0.25, 0.3) is 0 Å². The molecule has 0 bridgehead atoms. The van der Waals surface area contributed by atoms with Crippen LogP contribution in [0, 0.1) is 0 Å². The van der Waals surface area contributed by atoms with Crippen LogP contribution in [0.2, 0.25) is 0 Å². The maximum atomic E-state index is 12.6. The first kappa shape index (κ1) is 12.1. The lowest BCUT2D eigenvalue weighted by Crippen LogP contribution is -2.08. The minimum absolute atomic E-state index is 0.415. The van der Waals surface area contributed by atoms with Gasteiger partial charge in [-0.2, -0.15) is 13.2 Å². The van der Waals surface area contributed by atoms with Gasteiger partial charge in [-0.05, 0) is 24.5 Å². The van der Waals surface area contributed by atoms with Crippen LogP contribution in [-0.2, 0) is 12.6 Å². The van der Waals surface area contributed by atoms with Gasteiger partial charge in [-0.25, -0.2) is 0 Å². The zero-order chi connectivity index (χ0) is 11.3. The first-order valence-corrected chi connectivity index (χ1v) is 5.20. The van der Waals surface area contributed by atoms with Crippen LogP contribution in [-0.4, -0.2) is 0 Å². The van der Waals surface area contributed by atoms with Gasteiger partial charge >= 0.3 is 6.18 Å². The second kappa shape index (κ2) is 5.19. The van der Waals surface area contributed by atoms with E-state index in [1.165, 1.54) is 6.07 Å². The van der Waals surface area contributed by atoms with E-state index in [4.69, 9.17) is 0 Å². The van der Waals surface area contributed by atoms with Crippen molar-refractivity contribution in [1.29, 1.82) is 0 Å². The molecule has 0 N–H and O–H groups in total. The Hall–Kier alpha value is -0.990. The van der Waals surface area contributed by atoms with Crippen molar-refractivity contribution in [1.82, 2.24) is 0 Å². The summed E-state index contributed by atoms with van der Waals surface area (Å²) in [7, 11) is 0. The Morgan fingerprint density at radius 1 is 1.07 bits per heavy atom. The maximum absolute atomic E-state index is 12.6. The number of unbranched alkanes of at least 4 members (excludes halogenated alkanes) is 2. The van der Waals surface area contributed by atoms with E-state index in [0.717, 1.165) is 25.3 Å². The molecule has 1 aromatic rings. The van der Waals surface area contributed by atoms with Gasteiger partial charge in [-0.3, -0.25) is 0 Å². The van der Waals surface area contributed by atoms with E-state index in [-0.39, 0.29) is 0 Å². The summed E-state index contributed by atoms with van der Waals surface area (Å²) in [5, 5.41) is 0. The third-order valence-corrected chi connectivity index (χ3v) is 2.37. The average molecular weight is 216 g/mol. The molecule has 0 aliphatic heterocycles. The zero-order valence-electron chi connectivity index (χ0n) is 8.77. The fourth-order valence-corrected chi connectivity index (χ4v) is 1.58. The molecule has 0 atom stereocenters. The van der Waals surface area contributed by atoms with Crippen molar-refractivity contribution < 1.29 is 13.2 Å². The van der Waals surface area contributed by atoms with Gasteiger partial charge in [0.2, 0.25) is 0 Å². The van der Waals surface area contributed by atoms with Gasteiger partial charge in [-0.15, -0.1) is 0 Å². The molecule has 0 saturated carbocycles. The average Bonchev–Trinajstić information content (AvgIpc) is 2.17. The summed E-state index contributed by atoms with van der Waals surface area (Å²) in [5.74, 6) is 0. The highest BCUT2D eigenvalue weighted by Crippen LogP contribution is 2.32. The summed E-state index contributed by atoms with van der Waals surface area (Å²) in [6.07, 6.45) is -0.879. The van der Waals surface area contributed by atoms with Crippen LogP contribution in [0.5, 0.6) is 0 Å². The SMILES string of the molecule is CCCCCc1ccccc1C(F)(F)F. The molecule has 0 aliphatic rings. The van der Waals surface area contributed by atoms with Crippen molar-refractivity contribution in [2.24, 2.45) is 0 Å². The van der Waals surface area contributed by atoms with Gasteiger partial charge in [0.25, 0.3) is 0 Å². The van der Waals surface area contributed by atoms with E-state index in [2.05, 4.69) is 0 Å². The standard InChI is InChI=1S/C12H15F3/c1-2-3-4-7-10-8-5-6-9-11(10)12(13,14)15/h5-6,8-9H,2-4,7H2,1H3. The van der Waals surface area contributed by atoms with Gasteiger partial charge in [0, 0.05) is 0 Å². The second-order valence-corrected chi connectivity index (χ2v) is 3.61. The van der Waals surface area contributed by atoms with Crippen molar-refractivity contribution >= 4 is 0 Å². The van der Waals surface area contributed by atoms with Crippen LogP contribution >= 0.6 is 0 Å². The van der Waals surface area contributed by atoms with Gasteiger partial charge in [0.05, 0.1) is 5.56 Å². The molecule has 0 nitrogen and oxygen atoms in total. The number of aryl methyl sites for hydroxylation is 1. The molecule has 15 heavy (non-hydrogen) atoms. The zero-order valence-corrected chi connectivity index (χ0v) is 8.77. The summed E-state index contributed by atoms with van der Waals surface area (Å²) in [4.78, 5) is 0. The Morgan fingerprint density at radius 3 is 2.33 bits per heavy atom. The number of hydrogen-bond donors (Lipinski definition) is 0. The number of alkyl halides is 3. The van der Waals surface area contributed by atoms with Gasteiger partial charge < -0.3 is 0 Å². The molecule has 0 heterocycles. The Labute approximate surface area is 88.1 Å². The number of rotatable bonds is 4. The summed E-state index contributed by atoms with van der Waals surface area (Å²) in [6.45, 7) is 2.04. The van der Waals surface area contributed by atoms with E-state index >= 15 is 0 Å². The normalized spacial score (nSPS) is 11.7. The highest BCUT2D eigenvalue weighted by Gasteiger charge is 2.32. The minimum atomic E-state index is -4.22. The van der Waals surface area contributed by atoms with Crippen molar-refractivity contribution in [2.75, 3.05) is 0 Å². The molecule has 0 fully saturated rings. The molecule has 0 aliphatic carbocycles. The molecule has 1 rings (SSSR count). The highest BCUT2D eigenvalue weighted by molar-refractivity contribution is 5.29. The molecule has 84 valence electrons. The summed E-state index contributed by atoms with van der Waals surface area (Å²) in [5.41, 5.74) is -0.0699. The molecule has 0 unspecified atom stereocenters. The Kier molecular flexibility index (Phi) is 4.18. The molecular weight excluding hydrogens is 201 g/mol. The highest BCUT2D eigenvalue weighted by atomic mass is 19.4. The summed E-state index contributed by atoms with van der Waals surface area (Å²) in [6, 6.07) is 5.82. The largest absolute Gasteiger partial charge is 0.416 e. The van der Waals surface area contributed by atoms with Crippen LogP contribution in [0.3, 0.4) is 0 Å². The fourth-order valence-electron chi connectivity index (χ4n) is 1.58. The minimum Gasteiger partial charge on any atom is -0.166 e. The van der Waals surface area contributed by atoms with Crippen molar-refractivity contribution in [3.8, 4) is 0 Å². The van der Waals surface area contributed by atoms with Crippen molar-refractivity contribution in [2.45, 2.75) is 38.8 Å². The van der Waals surface area contributed by atoms with Gasteiger partial charge in [0.1, 0.15) is 0 Å². The van der Waals surface area contributed by atoms with E-state index in [0.29, 0.717) is 12.0 Å². The van der Waals surface area contributed by atoms with Gasteiger partial charge in [-0.1, -0.05) is 38.0 Å². The van der Waals surface area contributed by atoms with Crippen LogP contribution < -0.4 is 0 Å². The quantitative estimate of drug-likeness (QED) is 0.653. The lowest BCUT2D eigenvalue weighted by atomic mass is 10.0. The monoisotopic (exact) mass is 216 g/mol. The third-order valence-electron chi connectivity index (χ3n) is 2.37. The van der Waals surface area contributed by atoms with Crippen molar-refractivity contribution in [3.05, 3.63) is 35.4 Å². The lowest BCUT2D eigenvalue weighted by Gasteiger charge is -2.12. The van der Waals surface area contributed by atoms with E-state index < -0.39 is 11.7 Å². The molecule has 3 heteroatoms. The molecule has 0 amide bonds.